The molecule has 0 saturated heterocycles. The Bertz CT molecular complexity index is 1480. The van der Waals surface area contributed by atoms with Crippen LogP contribution < -0.4 is 9.80 Å². The largest absolute Gasteiger partial charge is 0.335 e. The van der Waals surface area contributed by atoms with Crippen molar-refractivity contribution < 1.29 is 13.2 Å². The number of benzene rings is 1. The molecule has 0 atom stereocenters. The first kappa shape index (κ1) is 20.1. The third-order valence-electron chi connectivity index (χ3n) is 5.18. The number of hydrogen-bond acceptors (Lipinski definition) is 7. The van der Waals surface area contributed by atoms with Gasteiger partial charge in [0, 0.05) is 48.0 Å². The second-order valence-corrected chi connectivity index (χ2v) is 9.59. The first-order valence-electron chi connectivity index (χ1n) is 9.74. The van der Waals surface area contributed by atoms with Gasteiger partial charge in [0.25, 0.3) is 0 Å². The van der Waals surface area contributed by atoms with E-state index in [0.29, 0.717) is 16.9 Å². The Labute approximate surface area is 184 Å². The predicted molar refractivity (Wildman–Crippen MR) is 119 cm³/mol. The van der Waals surface area contributed by atoms with Crippen molar-refractivity contribution in [2.75, 3.05) is 16.1 Å². The highest BCUT2D eigenvalue weighted by molar-refractivity contribution is 7.90. The summed E-state index contributed by atoms with van der Waals surface area (Å²) in [5.74, 6) is 0.231. The summed E-state index contributed by atoms with van der Waals surface area (Å²) in [5, 5.41) is 4.94. The summed E-state index contributed by atoms with van der Waals surface area (Å²) in [5.41, 5.74) is 3.38. The minimum absolute atomic E-state index is 0.194. The molecule has 10 nitrogen and oxygen atoms in total. The van der Waals surface area contributed by atoms with Crippen LogP contribution in [0.1, 0.15) is 11.3 Å². The SMILES string of the molecule is Cc1ccc(N2C(=O)N(c3ccc4nn(C)cc4c3)Cc3cnc(S(C)(=O)=O)nc32)cn1. The Morgan fingerprint density at radius 1 is 1.03 bits per heavy atom. The van der Waals surface area contributed by atoms with Crippen molar-refractivity contribution in [2.45, 2.75) is 18.6 Å². The monoisotopic (exact) mass is 449 g/mol. The van der Waals surface area contributed by atoms with Gasteiger partial charge in [0.1, 0.15) is 0 Å². The van der Waals surface area contributed by atoms with Crippen molar-refractivity contribution in [3.63, 3.8) is 0 Å². The van der Waals surface area contributed by atoms with Crippen molar-refractivity contribution in [1.82, 2.24) is 24.7 Å². The number of anilines is 3. The minimum atomic E-state index is -3.65. The summed E-state index contributed by atoms with van der Waals surface area (Å²) in [6.45, 7) is 2.04. The maximum absolute atomic E-state index is 13.7. The number of aromatic nitrogens is 5. The molecule has 1 aliphatic heterocycles. The van der Waals surface area contributed by atoms with Gasteiger partial charge < -0.3 is 0 Å². The molecule has 1 aliphatic rings. The van der Waals surface area contributed by atoms with E-state index in [9.17, 15) is 13.2 Å². The topological polar surface area (TPSA) is 114 Å². The molecule has 32 heavy (non-hydrogen) atoms. The van der Waals surface area contributed by atoms with Gasteiger partial charge in [-0.3, -0.25) is 14.6 Å². The summed E-state index contributed by atoms with van der Waals surface area (Å²) in [7, 11) is -1.81. The third kappa shape index (κ3) is 3.36. The molecule has 2 amide bonds. The van der Waals surface area contributed by atoms with E-state index in [-0.39, 0.29) is 23.6 Å². The summed E-state index contributed by atoms with van der Waals surface area (Å²) < 4.78 is 25.8. The van der Waals surface area contributed by atoms with Crippen LogP contribution in [0.4, 0.5) is 22.0 Å². The molecule has 4 heterocycles. The van der Waals surface area contributed by atoms with E-state index >= 15 is 0 Å². The highest BCUT2D eigenvalue weighted by Gasteiger charge is 2.35. The van der Waals surface area contributed by atoms with Crippen LogP contribution in [0.25, 0.3) is 10.9 Å². The number of urea groups is 1. The van der Waals surface area contributed by atoms with Gasteiger partial charge in [0.05, 0.1) is 23.9 Å². The number of hydrogen-bond donors (Lipinski definition) is 0. The molecule has 11 heteroatoms. The Kier molecular flexibility index (Phi) is 4.45. The molecule has 3 aromatic heterocycles. The van der Waals surface area contributed by atoms with Crippen LogP contribution in [0.2, 0.25) is 0 Å². The number of pyridine rings is 1. The van der Waals surface area contributed by atoms with Crippen molar-refractivity contribution in [2.24, 2.45) is 7.05 Å². The summed E-state index contributed by atoms with van der Waals surface area (Å²) in [6.07, 6.45) is 5.93. The number of rotatable bonds is 3. The molecule has 1 aromatic carbocycles. The zero-order chi connectivity index (χ0) is 22.6. The van der Waals surface area contributed by atoms with E-state index in [1.54, 1.807) is 27.9 Å². The lowest BCUT2D eigenvalue weighted by Crippen LogP contribution is -2.45. The standard InChI is InChI=1S/C21H19N7O3S/c1-13-4-5-17(10-22-13)28-19-15(9-23-20(24-19)32(3,30)31)12-27(21(28)29)16-6-7-18-14(8-16)11-26(2)25-18/h4-11H,12H2,1-3H3. The molecule has 0 fully saturated rings. The minimum Gasteiger partial charge on any atom is -0.289 e. The summed E-state index contributed by atoms with van der Waals surface area (Å²) >= 11 is 0. The highest BCUT2D eigenvalue weighted by Crippen LogP contribution is 2.36. The molecular weight excluding hydrogens is 430 g/mol. The molecule has 0 bridgehead atoms. The molecule has 0 unspecified atom stereocenters. The van der Waals surface area contributed by atoms with Crippen LogP contribution in [0.15, 0.2) is 54.1 Å². The zero-order valence-electron chi connectivity index (χ0n) is 17.6. The van der Waals surface area contributed by atoms with Crippen molar-refractivity contribution in [3.8, 4) is 0 Å². The number of sulfone groups is 1. The Balaban J connectivity index is 1.67. The predicted octanol–water partition coefficient (Wildman–Crippen LogP) is 2.75. The van der Waals surface area contributed by atoms with Gasteiger partial charge in [-0.05, 0) is 37.3 Å². The fourth-order valence-electron chi connectivity index (χ4n) is 3.65. The van der Waals surface area contributed by atoms with Gasteiger partial charge in [-0.25, -0.2) is 23.1 Å². The Hall–Kier alpha value is -3.86. The van der Waals surface area contributed by atoms with Gasteiger partial charge in [-0.1, -0.05) is 0 Å². The van der Waals surface area contributed by atoms with Gasteiger partial charge in [-0.2, -0.15) is 10.1 Å². The van der Waals surface area contributed by atoms with Gasteiger partial charge in [0.2, 0.25) is 15.0 Å². The lowest BCUT2D eigenvalue weighted by atomic mass is 10.1. The smallest absolute Gasteiger partial charge is 0.289 e. The lowest BCUT2D eigenvalue weighted by Gasteiger charge is -2.36. The van der Waals surface area contributed by atoms with Gasteiger partial charge in [0.15, 0.2) is 5.82 Å². The first-order valence-corrected chi connectivity index (χ1v) is 11.6. The average molecular weight is 449 g/mol. The first-order chi connectivity index (χ1) is 15.2. The summed E-state index contributed by atoms with van der Waals surface area (Å²) in [6, 6.07) is 8.73. The number of aryl methyl sites for hydroxylation is 2. The maximum atomic E-state index is 13.7. The van der Waals surface area contributed by atoms with Crippen LogP contribution in [-0.2, 0) is 23.4 Å². The van der Waals surface area contributed by atoms with Crippen LogP contribution in [0.3, 0.4) is 0 Å². The van der Waals surface area contributed by atoms with E-state index in [4.69, 9.17) is 0 Å². The van der Waals surface area contributed by atoms with E-state index in [0.717, 1.165) is 22.9 Å². The second kappa shape index (κ2) is 7.09. The fourth-order valence-corrected chi connectivity index (χ4v) is 4.14. The van der Waals surface area contributed by atoms with Crippen molar-refractivity contribution in [1.29, 1.82) is 0 Å². The number of carbonyl (C=O) groups is 1. The molecule has 0 N–H and O–H groups in total. The molecule has 0 radical (unpaired) electrons. The Morgan fingerprint density at radius 3 is 2.53 bits per heavy atom. The van der Waals surface area contributed by atoms with Crippen LogP contribution in [0, 0.1) is 6.92 Å². The quantitative estimate of drug-likeness (QED) is 0.442. The molecule has 162 valence electrons. The zero-order valence-corrected chi connectivity index (χ0v) is 18.4. The van der Waals surface area contributed by atoms with E-state index in [1.165, 1.54) is 11.1 Å². The van der Waals surface area contributed by atoms with Gasteiger partial charge in [-0.15, -0.1) is 0 Å². The van der Waals surface area contributed by atoms with E-state index in [1.807, 2.05) is 38.4 Å². The number of fused-ring (bicyclic) bond motifs is 2. The number of amides is 2. The normalized spacial score (nSPS) is 14.2. The van der Waals surface area contributed by atoms with E-state index in [2.05, 4.69) is 20.1 Å². The molecule has 5 rings (SSSR count). The fraction of sp³-hybridized carbons (Fsp3) is 0.190. The number of carbonyl (C=O) groups excluding carboxylic acids is 1. The van der Waals surface area contributed by atoms with Crippen molar-refractivity contribution >= 4 is 44.0 Å². The maximum Gasteiger partial charge on any atom is 0.335 e. The van der Waals surface area contributed by atoms with Crippen LogP contribution in [-0.4, -0.2) is 45.4 Å². The Morgan fingerprint density at radius 2 is 1.81 bits per heavy atom. The molecule has 0 saturated carbocycles. The second-order valence-electron chi connectivity index (χ2n) is 7.68. The number of nitrogens with zero attached hydrogens (tertiary/aromatic N) is 7. The highest BCUT2D eigenvalue weighted by atomic mass is 32.2. The molecular formula is C21H19N7O3S. The average Bonchev–Trinajstić information content (AvgIpc) is 3.12. The molecule has 4 aromatic rings. The third-order valence-corrected chi connectivity index (χ3v) is 6.04. The molecule has 0 aliphatic carbocycles. The van der Waals surface area contributed by atoms with Crippen LogP contribution in [0.5, 0.6) is 0 Å². The van der Waals surface area contributed by atoms with Crippen LogP contribution >= 0.6 is 0 Å². The van der Waals surface area contributed by atoms with E-state index < -0.39 is 9.84 Å². The molecule has 0 spiro atoms. The van der Waals surface area contributed by atoms with Crippen molar-refractivity contribution in [3.05, 3.63) is 60.2 Å². The lowest BCUT2D eigenvalue weighted by molar-refractivity contribution is 0.252. The summed E-state index contributed by atoms with van der Waals surface area (Å²) in [4.78, 5) is 29.2. The van der Waals surface area contributed by atoms with Gasteiger partial charge >= 0.3 is 6.03 Å².